The molecule has 0 aliphatic heterocycles. The fraction of sp³-hybridized carbons (Fsp3) is 0.529. The third-order valence-electron chi connectivity index (χ3n) is 4.02. The van der Waals surface area contributed by atoms with Crippen LogP contribution < -0.4 is 0 Å². The standard InChI is InChI=1S/C17H24N2O2/c1-11(2)14(12(3)20)15-18-16(19-21-15)17(4,5)13-9-7-6-8-10-13/h6-12,14,20H,1-5H3. The van der Waals surface area contributed by atoms with Crippen molar-refractivity contribution in [1.29, 1.82) is 0 Å². The first-order chi connectivity index (χ1) is 9.84. The quantitative estimate of drug-likeness (QED) is 0.914. The maximum absolute atomic E-state index is 9.94. The van der Waals surface area contributed by atoms with Gasteiger partial charge in [0.1, 0.15) is 0 Å². The van der Waals surface area contributed by atoms with E-state index in [9.17, 15) is 5.11 Å². The van der Waals surface area contributed by atoms with Crippen LogP contribution in [0.5, 0.6) is 0 Å². The molecule has 0 amide bonds. The Morgan fingerprint density at radius 3 is 2.24 bits per heavy atom. The van der Waals surface area contributed by atoms with Gasteiger partial charge in [-0.25, -0.2) is 0 Å². The summed E-state index contributed by atoms with van der Waals surface area (Å²) in [4.78, 5) is 4.56. The maximum atomic E-state index is 9.94. The highest BCUT2D eigenvalue weighted by Gasteiger charge is 2.32. The maximum Gasteiger partial charge on any atom is 0.232 e. The summed E-state index contributed by atoms with van der Waals surface area (Å²) < 4.78 is 5.44. The first kappa shape index (κ1) is 15.7. The Kier molecular flexibility index (Phi) is 4.47. The number of benzene rings is 1. The molecule has 0 saturated carbocycles. The lowest BCUT2D eigenvalue weighted by molar-refractivity contribution is 0.120. The van der Waals surface area contributed by atoms with Gasteiger partial charge < -0.3 is 9.63 Å². The Balaban J connectivity index is 2.35. The molecular formula is C17H24N2O2. The fourth-order valence-electron chi connectivity index (χ4n) is 2.66. The molecule has 114 valence electrons. The zero-order chi connectivity index (χ0) is 15.6. The van der Waals surface area contributed by atoms with Crippen LogP contribution in [0, 0.1) is 5.92 Å². The summed E-state index contributed by atoms with van der Waals surface area (Å²) in [6, 6.07) is 10.1. The normalized spacial score (nSPS) is 15.2. The Labute approximate surface area is 126 Å². The largest absolute Gasteiger partial charge is 0.393 e. The van der Waals surface area contributed by atoms with E-state index in [-0.39, 0.29) is 17.3 Å². The lowest BCUT2D eigenvalue weighted by atomic mass is 9.84. The van der Waals surface area contributed by atoms with Crippen LogP contribution >= 0.6 is 0 Å². The van der Waals surface area contributed by atoms with Crippen molar-refractivity contribution in [2.75, 3.05) is 0 Å². The topological polar surface area (TPSA) is 59.2 Å². The van der Waals surface area contributed by atoms with Gasteiger partial charge in [-0.1, -0.05) is 49.3 Å². The summed E-state index contributed by atoms with van der Waals surface area (Å²) in [6.07, 6.45) is -0.516. The van der Waals surface area contributed by atoms with E-state index in [1.54, 1.807) is 6.92 Å². The molecule has 2 atom stereocenters. The van der Waals surface area contributed by atoms with Gasteiger partial charge in [0.05, 0.1) is 17.4 Å². The third-order valence-corrected chi connectivity index (χ3v) is 4.02. The van der Waals surface area contributed by atoms with Crippen molar-refractivity contribution in [3.8, 4) is 0 Å². The minimum absolute atomic E-state index is 0.141. The summed E-state index contributed by atoms with van der Waals surface area (Å²) in [5.41, 5.74) is 0.805. The first-order valence-corrected chi connectivity index (χ1v) is 7.41. The summed E-state index contributed by atoms with van der Waals surface area (Å²) in [7, 11) is 0. The average Bonchev–Trinajstić information content (AvgIpc) is 2.89. The predicted molar refractivity (Wildman–Crippen MR) is 82.1 cm³/mol. The van der Waals surface area contributed by atoms with E-state index in [2.05, 4.69) is 36.1 Å². The van der Waals surface area contributed by atoms with Gasteiger partial charge >= 0.3 is 0 Å². The molecule has 1 aromatic heterocycles. The van der Waals surface area contributed by atoms with Gasteiger partial charge in [0.25, 0.3) is 0 Å². The summed E-state index contributed by atoms with van der Waals surface area (Å²) in [5, 5.41) is 14.1. The zero-order valence-corrected chi connectivity index (χ0v) is 13.4. The van der Waals surface area contributed by atoms with Crippen molar-refractivity contribution >= 4 is 0 Å². The van der Waals surface area contributed by atoms with Crippen LogP contribution in [-0.4, -0.2) is 21.4 Å². The molecule has 2 unspecified atom stereocenters. The van der Waals surface area contributed by atoms with E-state index >= 15 is 0 Å². The molecule has 2 aromatic rings. The molecule has 0 aliphatic rings. The van der Waals surface area contributed by atoms with Gasteiger partial charge in [0, 0.05) is 0 Å². The molecule has 0 bridgehead atoms. The van der Waals surface area contributed by atoms with Crippen LogP contribution in [-0.2, 0) is 5.41 Å². The number of nitrogens with zero attached hydrogens (tertiary/aromatic N) is 2. The lowest BCUT2D eigenvalue weighted by Crippen LogP contribution is -2.23. The Hall–Kier alpha value is -1.68. The lowest BCUT2D eigenvalue weighted by Gasteiger charge is -2.21. The summed E-state index contributed by atoms with van der Waals surface area (Å²) in [5.74, 6) is 1.25. The molecule has 0 radical (unpaired) electrons. The van der Waals surface area contributed by atoms with Crippen LogP contribution in [0.25, 0.3) is 0 Å². The molecule has 21 heavy (non-hydrogen) atoms. The number of hydrogen-bond donors (Lipinski definition) is 1. The number of hydrogen-bond acceptors (Lipinski definition) is 4. The third kappa shape index (κ3) is 3.16. The molecule has 4 nitrogen and oxygen atoms in total. The van der Waals surface area contributed by atoms with E-state index in [1.165, 1.54) is 0 Å². The van der Waals surface area contributed by atoms with Crippen molar-refractivity contribution in [2.24, 2.45) is 5.92 Å². The average molecular weight is 288 g/mol. The highest BCUT2D eigenvalue weighted by molar-refractivity contribution is 5.30. The minimum atomic E-state index is -0.516. The summed E-state index contributed by atoms with van der Waals surface area (Å²) >= 11 is 0. The molecule has 1 heterocycles. The monoisotopic (exact) mass is 288 g/mol. The van der Waals surface area contributed by atoms with Crippen LogP contribution in [0.15, 0.2) is 34.9 Å². The second kappa shape index (κ2) is 5.98. The molecular weight excluding hydrogens is 264 g/mol. The number of aromatic nitrogens is 2. The van der Waals surface area contributed by atoms with Crippen LogP contribution in [0.1, 0.15) is 57.8 Å². The molecule has 0 spiro atoms. The second-order valence-corrected chi connectivity index (χ2v) is 6.46. The van der Waals surface area contributed by atoms with E-state index < -0.39 is 6.10 Å². The van der Waals surface area contributed by atoms with Crippen molar-refractivity contribution in [2.45, 2.75) is 52.1 Å². The number of rotatable bonds is 5. The summed E-state index contributed by atoms with van der Waals surface area (Å²) in [6.45, 7) is 10.00. The van der Waals surface area contributed by atoms with E-state index in [0.717, 1.165) is 5.56 Å². The Morgan fingerprint density at radius 2 is 1.71 bits per heavy atom. The van der Waals surface area contributed by atoms with Gasteiger partial charge in [-0.05, 0) is 32.3 Å². The van der Waals surface area contributed by atoms with E-state index in [1.807, 2.05) is 32.0 Å². The van der Waals surface area contributed by atoms with Crippen molar-refractivity contribution in [1.82, 2.24) is 10.1 Å². The zero-order valence-electron chi connectivity index (χ0n) is 13.4. The SMILES string of the molecule is CC(C)C(c1nc(C(C)(C)c2ccccc2)no1)C(C)O. The fourth-order valence-corrected chi connectivity index (χ4v) is 2.66. The molecule has 0 aliphatic carbocycles. The Morgan fingerprint density at radius 1 is 1.10 bits per heavy atom. The number of aliphatic hydroxyl groups is 1. The smallest absolute Gasteiger partial charge is 0.232 e. The van der Waals surface area contributed by atoms with Crippen LogP contribution in [0.4, 0.5) is 0 Å². The number of aliphatic hydroxyl groups excluding tert-OH is 1. The first-order valence-electron chi connectivity index (χ1n) is 7.41. The van der Waals surface area contributed by atoms with Crippen LogP contribution in [0.2, 0.25) is 0 Å². The molecule has 1 N–H and O–H groups in total. The van der Waals surface area contributed by atoms with Crippen LogP contribution in [0.3, 0.4) is 0 Å². The molecule has 2 rings (SSSR count). The molecule has 0 saturated heterocycles. The predicted octanol–water partition coefficient (Wildman–Crippen LogP) is 3.52. The molecule has 4 heteroatoms. The van der Waals surface area contributed by atoms with E-state index in [4.69, 9.17) is 4.52 Å². The highest BCUT2D eigenvalue weighted by atomic mass is 16.5. The van der Waals surface area contributed by atoms with Crippen molar-refractivity contribution in [3.63, 3.8) is 0 Å². The minimum Gasteiger partial charge on any atom is -0.393 e. The van der Waals surface area contributed by atoms with Gasteiger partial charge in [-0.2, -0.15) is 4.98 Å². The second-order valence-electron chi connectivity index (χ2n) is 6.46. The van der Waals surface area contributed by atoms with Gasteiger partial charge in [0.15, 0.2) is 5.82 Å². The highest BCUT2D eigenvalue weighted by Crippen LogP contribution is 2.32. The van der Waals surface area contributed by atoms with E-state index in [0.29, 0.717) is 11.7 Å². The van der Waals surface area contributed by atoms with Crippen molar-refractivity contribution in [3.05, 3.63) is 47.6 Å². The Bertz CT molecular complexity index is 565. The van der Waals surface area contributed by atoms with Gasteiger partial charge in [-0.3, -0.25) is 0 Å². The molecule has 0 fully saturated rings. The van der Waals surface area contributed by atoms with Gasteiger partial charge in [-0.15, -0.1) is 0 Å². The van der Waals surface area contributed by atoms with Crippen molar-refractivity contribution < 1.29 is 9.63 Å². The van der Waals surface area contributed by atoms with Gasteiger partial charge in [0.2, 0.25) is 5.89 Å². The molecule has 1 aromatic carbocycles.